The lowest BCUT2D eigenvalue weighted by Gasteiger charge is -2.20. The van der Waals surface area contributed by atoms with E-state index in [1.54, 1.807) is 12.1 Å². The van der Waals surface area contributed by atoms with Crippen molar-refractivity contribution in [1.82, 2.24) is 9.78 Å². The number of benzene rings is 1. The summed E-state index contributed by atoms with van der Waals surface area (Å²) < 4.78 is 38.7. The van der Waals surface area contributed by atoms with Crippen molar-refractivity contribution < 1.29 is 18.3 Å². The molecule has 0 aliphatic rings. The first kappa shape index (κ1) is 14.4. The summed E-state index contributed by atoms with van der Waals surface area (Å²) in [5.74, 6) is -0.116. The number of rotatable bonds is 1. The van der Waals surface area contributed by atoms with E-state index in [0.29, 0.717) is 0 Å². The van der Waals surface area contributed by atoms with Gasteiger partial charge in [-0.3, -0.25) is 0 Å². The van der Waals surface area contributed by atoms with Crippen LogP contribution >= 0.6 is 0 Å². The quantitative estimate of drug-likeness (QED) is 0.862. The van der Waals surface area contributed by atoms with Crippen molar-refractivity contribution in [2.45, 2.75) is 32.4 Å². The fraction of sp³-hybridized carbons (Fsp3) is 0.357. The van der Waals surface area contributed by atoms with E-state index >= 15 is 0 Å². The summed E-state index contributed by atoms with van der Waals surface area (Å²) in [5.41, 5.74) is -0.0389. The molecule has 0 fully saturated rings. The van der Waals surface area contributed by atoms with E-state index in [4.69, 9.17) is 0 Å². The molecule has 0 spiro atoms. The van der Waals surface area contributed by atoms with E-state index in [-0.39, 0.29) is 16.9 Å². The van der Waals surface area contributed by atoms with Crippen LogP contribution in [0.1, 0.15) is 32.0 Å². The zero-order chi connectivity index (χ0) is 15.1. The second-order valence-corrected chi connectivity index (χ2v) is 5.60. The smallest absolute Gasteiger partial charge is 0.435 e. The molecule has 1 N–H and O–H groups in total. The van der Waals surface area contributed by atoms with Gasteiger partial charge < -0.3 is 5.11 Å². The van der Waals surface area contributed by atoms with Gasteiger partial charge in [-0.1, -0.05) is 26.8 Å². The Hall–Kier alpha value is -1.98. The van der Waals surface area contributed by atoms with Gasteiger partial charge in [0.25, 0.3) is 0 Å². The summed E-state index contributed by atoms with van der Waals surface area (Å²) in [6.07, 6.45) is -3.31. The maximum atomic E-state index is 12.5. The summed E-state index contributed by atoms with van der Waals surface area (Å²) in [6, 6.07) is 5.73. The third-order valence-electron chi connectivity index (χ3n) is 2.97. The minimum absolute atomic E-state index is 0.116. The van der Waals surface area contributed by atoms with Gasteiger partial charge in [0.2, 0.25) is 0 Å². The Morgan fingerprint density at radius 2 is 1.75 bits per heavy atom. The molecule has 1 aromatic heterocycles. The number of aromatic hydroxyl groups is 1. The lowest BCUT2D eigenvalue weighted by atomic mass is 9.87. The van der Waals surface area contributed by atoms with Crippen LogP contribution in [0.4, 0.5) is 13.2 Å². The van der Waals surface area contributed by atoms with Crippen LogP contribution in [0, 0.1) is 0 Å². The zero-order valence-corrected chi connectivity index (χ0v) is 11.4. The number of nitrogens with zero attached hydrogens (tertiary/aromatic N) is 2. The van der Waals surface area contributed by atoms with Crippen molar-refractivity contribution in [3.05, 3.63) is 41.7 Å². The Bertz CT molecular complexity index is 624. The second-order valence-electron chi connectivity index (χ2n) is 5.60. The molecule has 1 aromatic carbocycles. The molecule has 20 heavy (non-hydrogen) atoms. The van der Waals surface area contributed by atoms with Crippen LogP contribution in [0.25, 0.3) is 5.69 Å². The number of aromatic nitrogens is 2. The van der Waals surface area contributed by atoms with Crippen LogP contribution in [-0.2, 0) is 11.6 Å². The van der Waals surface area contributed by atoms with Gasteiger partial charge in [-0.25, -0.2) is 4.68 Å². The molecule has 0 amide bonds. The van der Waals surface area contributed by atoms with Crippen LogP contribution in [0.2, 0.25) is 0 Å². The first-order valence-corrected chi connectivity index (χ1v) is 6.06. The molecule has 3 nitrogen and oxygen atoms in total. The van der Waals surface area contributed by atoms with E-state index < -0.39 is 11.9 Å². The van der Waals surface area contributed by atoms with E-state index in [9.17, 15) is 18.3 Å². The van der Waals surface area contributed by atoms with E-state index in [2.05, 4.69) is 5.10 Å². The maximum Gasteiger partial charge on any atom is 0.435 e. The Labute approximate surface area is 114 Å². The SMILES string of the molecule is CC(C)(C)c1ccc(O)c(-n2ccc(C(F)(F)F)n2)c1. The van der Waals surface area contributed by atoms with Crippen molar-refractivity contribution in [3.63, 3.8) is 0 Å². The normalized spacial score (nSPS) is 12.7. The topological polar surface area (TPSA) is 38.0 Å². The maximum absolute atomic E-state index is 12.5. The molecule has 0 saturated heterocycles. The first-order valence-electron chi connectivity index (χ1n) is 6.06. The zero-order valence-electron chi connectivity index (χ0n) is 11.4. The number of hydrogen-bond donors (Lipinski definition) is 1. The molecule has 6 heteroatoms. The summed E-state index contributed by atoms with van der Waals surface area (Å²) in [4.78, 5) is 0. The largest absolute Gasteiger partial charge is 0.506 e. The Balaban J connectivity index is 2.50. The monoisotopic (exact) mass is 284 g/mol. The van der Waals surface area contributed by atoms with Crippen LogP contribution in [0.3, 0.4) is 0 Å². The van der Waals surface area contributed by atoms with Crippen molar-refractivity contribution in [2.75, 3.05) is 0 Å². The number of halogens is 3. The van der Waals surface area contributed by atoms with Crippen LogP contribution in [0.15, 0.2) is 30.5 Å². The molecular formula is C14H15F3N2O. The molecule has 0 atom stereocenters. The highest BCUT2D eigenvalue weighted by molar-refractivity contribution is 5.49. The van der Waals surface area contributed by atoms with Gasteiger partial charge in [-0.15, -0.1) is 0 Å². The molecule has 1 heterocycles. The Morgan fingerprint density at radius 1 is 1.10 bits per heavy atom. The van der Waals surface area contributed by atoms with Gasteiger partial charge in [-0.05, 0) is 29.2 Å². The average Bonchev–Trinajstić information content (AvgIpc) is 2.76. The van der Waals surface area contributed by atoms with Gasteiger partial charge >= 0.3 is 6.18 Å². The van der Waals surface area contributed by atoms with Gasteiger partial charge in [0.05, 0.1) is 0 Å². The van der Waals surface area contributed by atoms with Crippen LogP contribution in [0.5, 0.6) is 5.75 Å². The van der Waals surface area contributed by atoms with Crippen LogP contribution < -0.4 is 0 Å². The fourth-order valence-corrected chi connectivity index (χ4v) is 1.78. The molecule has 0 saturated carbocycles. The number of alkyl halides is 3. The minimum atomic E-state index is -4.50. The highest BCUT2D eigenvalue weighted by atomic mass is 19.4. The minimum Gasteiger partial charge on any atom is -0.506 e. The lowest BCUT2D eigenvalue weighted by molar-refractivity contribution is -0.141. The highest BCUT2D eigenvalue weighted by Gasteiger charge is 2.33. The molecule has 2 aromatic rings. The molecular weight excluding hydrogens is 269 g/mol. The molecule has 0 radical (unpaired) electrons. The van der Waals surface area contributed by atoms with E-state index in [1.165, 1.54) is 12.3 Å². The van der Waals surface area contributed by atoms with Gasteiger partial charge in [-0.2, -0.15) is 18.3 Å². The summed E-state index contributed by atoms with van der Waals surface area (Å²) in [7, 11) is 0. The third-order valence-corrected chi connectivity index (χ3v) is 2.97. The highest BCUT2D eigenvalue weighted by Crippen LogP contribution is 2.31. The molecule has 108 valence electrons. The number of phenols is 1. The van der Waals surface area contributed by atoms with Crippen LogP contribution in [-0.4, -0.2) is 14.9 Å². The van der Waals surface area contributed by atoms with Crippen molar-refractivity contribution in [3.8, 4) is 11.4 Å². The predicted molar refractivity (Wildman–Crippen MR) is 68.9 cm³/mol. The Kier molecular flexibility index (Phi) is 3.28. The standard InChI is InChI=1S/C14H15F3N2O/c1-13(2,3)9-4-5-11(20)10(8-9)19-7-6-12(18-19)14(15,16)17/h4-8,20H,1-3H3. The second kappa shape index (κ2) is 4.54. The molecule has 0 aliphatic heterocycles. The van der Waals surface area contributed by atoms with Gasteiger partial charge in [0, 0.05) is 6.20 Å². The summed E-state index contributed by atoms with van der Waals surface area (Å²) >= 11 is 0. The van der Waals surface area contributed by atoms with Gasteiger partial charge in [0.15, 0.2) is 5.69 Å². The van der Waals surface area contributed by atoms with E-state index in [0.717, 1.165) is 16.3 Å². The molecule has 0 bridgehead atoms. The molecule has 0 aliphatic carbocycles. The average molecular weight is 284 g/mol. The van der Waals surface area contributed by atoms with Crippen molar-refractivity contribution >= 4 is 0 Å². The Morgan fingerprint density at radius 3 is 2.25 bits per heavy atom. The van der Waals surface area contributed by atoms with Gasteiger partial charge in [0.1, 0.15) is 11.4 Å². The van der Waals surface area contributed by atoms with Crippen molar-refractivity contribution in [2.24, 2.45) is 0 Å². The lowest BCUT2D eigenvalue weighted by Crippen LogP contribution is -2.12. The summed E-state index contributed by atoms with van der Waals surface area (Å²) in [5, 5.41) is 13.3. The number of phenolic OH excluding ortho intramolecular Hbond substituents is 1. The number of hydrogen-bond acceptors (Lipinski definition) is 2. The predicted octanol–water partition coefficient (Wildman–Crippen LogP) is 3.89. The summed E-state index contributed by atoms with van der Waals surface area (Å²) in [6.45, 7) is 5.94. The molecule has 2 rings (SSSR count). The first-order chi connectivity index (χ1) is 9.09. The molecule has 0 unspecified atom stereocenters. The van der Waals surface area contributed by atoms with Crippen molar-refractivity contribution in [1.29, 1.82) is 0 Å². The third kappa shape index (κ3) is 2.79. The fourth-order valence-electron chi connectivity index (χ4n) is 1.78. The van der Waals surface area contributed by atoms with E-state index in [1.807, 2.05) is 20.8 Å².